The van der Waals surface area contributed by atoms with Gasteiger partial charge in [0.05, 0.1) is 19.6 Å². The van der Waals surface area contributed by atoms with Crippen LogP contribution in [0.4, 0.5) is 0 Å². The Morgan fingerprint density at radius 3 is 2.30 bits per heavy atom. The summed E-state index contributed by atoms with van der Waals surface area (Å²) >= 11 is 6.56. The van der Waals surface area contributed by atoms with Gasteiger partial charge in [-0.15, -0.1) is 11.6 Å². The van der Waals surface area contributed by atoms with Crippen molar-refractivity contribution in [1.29, 1.82) is 0 Å². The molecule has 0 fully saturated rings. The fourth-order valence-corrected chi connectivity index (χ4v) is 2.47. The molecule has 0 amide bonds. The molecule has 0 spiro atoms. The lowest BCUT2D eigenvalue weighted by molar-refractivity contribution is 0.398. The van der Waals surface area contributed by atoms with Crippen LogP contribution in [0.3, 0.4) is 0 Å². The van der Waals surface area contributed by atoms with E-state index < -0.39 is 0 Å². The average Bonchev–Trinajstić information content (AvgIpc) is 2.48. The zero-order valence-corrected chi connectivity index (χ0v) is 12.8. The summed E-state index contributed by atoms with van der Waals surface area (Å²) in [5.74, 6) is 1.58. The van der Waals surface area contributed by atoms with Crippen LogP contribution in [-0.4, -0.2) is 14.2 Å². The molecule has 0 saturated carbocycles. The van der Waals surface area contributed by atoms with Gasteiger partial charge in [0, 0.05) is 5.56 Å². The van der Waals surface area contributed by atoms with Crippen molar-refractivity contribution in [3.63, 3.8) is 0 Å². The molecule has 2 aromatic rings. The molecule has 106 valence electrons. The van der Waals surface area contributed by atoms with Crippen molar-refractivity contribution in [2.75, 3.05) is 14.2 Å². The Hall–Kier alpha value is -1.67. The molecule has 3 heteroatoms. The molecule has 1 atom stereocenters. The lowest BCUT2D eigenvalue weighted by Gasteiger charge is -2.15. The Bertz CT molecular complexity index is 564. The lowest BCUT2D eigenvalue weighted by atomic mass is 10.0. The number of hydrogen-bond donors (Lipinski definition) is 0. The van der Waals surface area contributed by atoms with Crippen LogP contribution < -0.4 is 9.47 Å². The minimum atomic E-state index is -0.150. The molecular formula is C17H19ClO2. The molecular weight excluding hydrogens is 272 g/mol. The highest BCUT2D eigenvalue weighted by Gasteiger charge is 2.15. The Balaban J connectivity index is 2.23. The second kappa shape index (κ2) is 6.67. The second-order valence-corrected chi connectivity index (χ2v) is 5.29. The highest BCUT2D eigenvalue weighted by Crippen LogP contribution is 2.35. The molecule has 0 aromatic heterocycles. The number of aryl methyl sites for hydroxylation is 1. The van der Waals surface area contributed by atoms with Crippen LogP contribution in [0, 0.1) is 6.92 Å². The lowest BCUT2D eigenvalue weighted by Crippen LogP contribution is -2.00. The van der Waals surface area contributed by atoms with E-state index in [2.05, 4.69) is 31.2 Å². The van der Waals surface area contributed by atoms with Crippen molar-refractivity contribution in [3.8, 4) is 11.5 Å². The number of hydrogen-bond acceptors (Lipinski definition) is 2. The maximum Gasteiger partial charge on any atom is 0.123 e. The minimum absolute atomic E-state index is 0.150. The van der Waals surface area contributed by atoms with Crippen molar-refractivity contribution in [1.82, 2.24) is 0 Å². The van der Waals surface area contributed by atoms with Crippen molar-refractivity contribution in [2.45, 2.75) is 18.7 Å². The molecule has 0 bridgehead atoms. The van der Waals surface area contributed by atoms with Crippen LogP contribution in [0.1, 0.15) is 22.1 Å². The van der Waals surface area contributed by atoms with Crippen molar-refractivity contribution in [3.05, 3.63) is 59.2 Å². The van der Waals surface area contributed by atoms with Gasteiger partial charge in [-0.1, -0.05) is 29.8 Å². The number of ether oxygens (including phenoxy) is 2. The predicted molar refractivity (Wildman–Crippen MR) is 83.0 cm³/mol. The first kappa shape index (κ1) is 14.7. The van der Waals surface area contributed by atoms with Crippen LogP contribution in [0.5, 0.6) is 11.5 Å². The Morgan fingerprint density at radius 2 is 1.70 bits per heavy atom. The van der Waals surface area contributed by atoms with Gasteiger partial charge in [0.15, 0.2) is 0 Å². The predicted octanol–water partition coefficient (Wildman–Crippen LogP) is 4.53. The van der Waals surface area contributed by atoms with Gasteiger partial charge >= 0.3 is 0 Å². The van der Waals surface area contributed by atoms with Gasteiger partial charge in [-0.25, -0.2) is 0 Å². The summed E-state index contributed by atoms with van der Waals surface area (Å²) < 4.78 is 10.6. The first-order chi connectivity index (χ1) is 9.63. The maximum atomic E-state index is 6.56. The molecule has 0 N–H and O–H groups in total. The van der Waals surface area contributed by atoms with Crippen LogP contribution in [-0.2, 0) is 6.42 Å². The fourth-order valence-electron chi connectivity index (χ4n) is 2.13. The van der Waals surface area contributed by atoms with E-state index in [1.54, 1.807) is 14.2 Å². The van der Waals surface area contributed by atoms with Gasteiger partial charge in [-0.3, -0.25) is 0 Å². The highest BCUT2D eigenvalue weighted by molar-refractivity contribution is 6.21. The number of benzene rings is 2. The van der Waals surface area contributed by atoms with Gasteiger partial charge in [0.1, 0.15) is 11.5 Å². The molecule has 0 heterocycles. The van der Waals surface area contributed by atoms with E-state index in [4.69, 9.17) is 21.1 Å². The molecule has 0 saturated heterocycles. The van der Waals surface area contributed by atoms with Crippen LogP contribution in [0.15, 0.2) is 42.5 Å². The summed E-state index contributed by atoms with van der Waals surface area (Å²) in [6.45, 7) is 2.08. The smallest absolute Gasteiger partial charge is 0.123 e. The Kier molecular flexibility index (Phi) is 4.91. The SMILES string of the molecule is COc1ccc(OC)c(C(Cl)Cc2ccc(C)cc2)c1. The van der Waals surface area contributed by atoms with Gasteiger partial charge < -0.3 is 9.47 Å². The summed E-state index contributed by atoms with van der Waals surface area (Å²) in [6, 6.07) is 14.1. The zero-order valence-electron chi connectivity index (χ0n) is 12.0. The largest absolute Gasteiger partial charge is 0.497 e. The summed E-state index contributed by atoms with van der Waals surface area (Å²) in [6.07, 6.45) is 0.755. The number of halogens is 1. The molecule has 0 radical (unpaired) electrons. The fraction of sp³-hybridized carbons (Fsp3) is 0.294. The molecule has 2 aromatic carbocycles. The van der Waals surface area contributed by atoms with E-state index in [9.17, 15) is 0 Å². The van der Waals surface area contributed by atoms with Crippen LogP contribution in [0.25, 0.3) is 0 Å². The quantitative estimate of drug-likeness (QED) is 0.753. The summed E-state index contributed by atoms with van der Waals surface area (Å²) in [7, 11) is 3.30. The first-order valence-electron chi connectivity index (χ1n) is 6.55. The normalized spacial score (nSPS) is 12.0. The zero-order chi connectivity index (χ0) is 14.5. The third-order valence-electron chi connectivity index (χ3n) is 3.31. The van der Waals surface area contributed by atoms with Crippen molar-refractivity contribution in [2.24, 2.45) is 0 Å². The third-order valence-corrected chi connectivity index (χ3v) is 3.70. The molecule has 0 aliphatic rings. The van der Waals surface area contributed by atoms with Gasteiger partial charge in [0.2, 0.25) is 0 Å². The Morgan fingerprint density at radius 1 is 1.00 bits per heavy atom. The monoisotopic (exact) mass is 290 g/mol. The van der Waals surface area contributed by atoms with E-state index in [0.717, 1.165) is 23.5 Å². The number of rotatable bonds is 5. The van der Waals surface area contributed by atoms with E-state index in [-0.39, 0.29) is 5.38 Å². The second-order valence-electron chi connectivity index (χ2n) is 4.77. The van der Waals surface area contributed by atoms with Crippen LogP contribution >= 0.6 is 11.6 Å². The van der Waals surface area contributed by atoms with E-state index in [0.29, 0.717) is 0 Å². The number of methoxy groups -OCH3 is 2. The van der Waals surface area contributed by atoms with Gasteiger partial charge in [0.25, 0.3) is 0 Å². The Labute approximate surface area is 125 Å². The summed E-state index contributed by atoms with van der Waals surface area (Å²) in [5.41, 5.74) is 3.41. The van der Waals surface area contributed by atoms with E-state index in [1.165, 1.54) is 11.1 Å². The standard InChI is InChI=1S/C17H19ClO2/c1-12-4-6-13(7-5-12)10-16(18)15-11-14(19-2)8-9-17(15)20-3/h4-9,11,16H,10H2,1-3H3. The van der Waals surface area contributed by atoms with Crippen molar-refractivity contribution >= 4 is 11.6 Å². The van der Waals surface area contributed by atoms with Crippen LogP contribution in [0.2, 0.25) is 0 Å². The minimum Gasteiger partial charge on any atom is -0.497 e. The molecule has 0 aliphatic carbocycles. The molecule has 1 unspecified atom stereocenters. The van der Waals surface area contributed by atoms with Gasteiger partial charge in [-0.2, -0.15) is 0 Å². The summed E-state index contributed by atoms with van der Waals surface area (Å²) in [5, 5.41) is -0.150. The first-order valence-corrected chi connectivity index (χ1v) is 6.99. The highest BCUT2D eigenvalue weighted by atomic mass is 35.5. The topological polar surface area (TPSA) is 18.5 Å². The summed E-state index contributed by atoms with van der Waals surface area (Å²) in [4.78, 5) is 0. The number of alkyl halides is 1. The molecule has 2 rings (SSSR count). The molecule has 2 nitrogen and oxygen atoms in total. The molecule has 20 heavy (non-hydrogen) atoms. The third kappa shape index (κ3) is 3.45. The van der Waals surface area contributed by atoms with Crippen molar-refractivity contribution < 1.29 is 9.47 Å². The maximum absolute atomic E-state index is 6.56. The van der Waals surface area contributed by atoms with Gasteiger partial charge in [-0.05, 0) is 37.1 Å². The average molecular weight is 291 g/mol. The van der Waals surface area contributed by atoms with E-state index >= 15 is 0 Å². The van der Waals surface area contributed by atoms with E-state index in [1.807, 2.05) is 18.2 Å². The molecule has 0 aliphatic heterocycles.